The van der Waals surface area contributed by atoms with E-state index >= 15 is 0 Å². The molecule has 0 aliphatic rings. The molecule has 0 aliphatic carbocycles. The largest absolute Gasteiger partial charge is 0.317 e. The summed E-state index contributed by atoms with van der Waals surface area (Å²) in [7, 11) is 0. The van der Waals surface area contributed by atoms with Gasteiger partial charge in [-0.25, -0.2) is 0 Å². The van der Waals surface area contributed by atoms with Crippen LogP contribution in [0.15, 0.2) is 24.5 Å². The minimum absolute atomic E-state index is 0.00974. The maximum Gasteiger partial charge on any atom is 0.270 e. The van der Waals surface area contributed by atoms with Crippen LogP contribution in [0.5, 0.6) is 0 Å². The summed E-state index contributed by atoms with van der Waals surface area (Å²) in [6.45, 7) is 3.89. The van der Waals surface area contributed by atoms with Crippen LogP contribution in [-0.2, 0) is 19.6 Å². The fraction of sp³-hybridized carbons (Fsp3) is 0.333. The number of halogens is 1. The van der Waals surface area contributed by atoms with E-state index in [1.165, 1.54) is 12.1 Å². The maximum absolute atomic E-state index is 10.6. The molecule has 0 spiro atoms. The molecule has 7 nitrogen and oxygen atoms in total. The molecule has 0 radical (unpaired) electrons. The van der Waals surface area contributed by atoms with Crippen LogP contribution >= 0.6 is 11.6 Å². The van der Waals surface area contributed by atoms with Gasteiger partial charge in [-0.15, -0.1) is 10.2 Å². The van der Waals surface area contributed by atoms with Crippen molar-refractivity contribution in [1.82, 2.24) is 20.1 Å². The monoisotopic (exact) mass is 295 g/mol. The third kappa shape index (κ3) is 3.31. The molecule has 1 aromatic carbocycles. The quantitative estimate of drug-likeness (QED) is 0.652. The lowest BCUT2D eigenvalue weighted by molar-refractivity contribution is -0.384. The van der Waals surface area contributed by atoms with Gasteiger partial charge in [-0.2, -0.15) is 0 Å². The second-order valence-corrected chi connectivity index (χ2v) is 4.58. The lowest BCUT2D eigenvalue weighted by Crippen LogP contribution is -2.16. The van der Waals surface area contributed by atoms with Gasteiger partial charge in [0.05, 0.1) is 16.5 Å². The fourth-order valence-corrected chi connectivity index (χ4v) is 2.02. The van der Waals surface area contributed by atoms with Crippen LogP contribution in [0, 0.1) is 10.1 Å². The van der Waals surface area contributed by atoms with Gasteiger partial charge in [0.25, 0.3) is 5.69 Å². The SMILES string of the molecule is CCn1cnnc1CNCc1ccc([N+](=O)[O-])cc1Cl. The molecule has 0 fully saturated rings. The van der Waals surface area contributed by atoms with E-state index in [2.05, 4.69) is 15.5 Å². The summed E-state index contributed by atoms with van der Waals surface area (Å²) >= 11 is 6.02. The summed E-state index contributed by atoms with van der Waals surface area (Å²) in [6.07, 6.45) is 1.68. The van der Waals surface area contributed by atoms with Gasteiger partial charge in [-0.1, -0.05) is 11.6 Å². The van der Waals surface area contributed by atoms with Gasteiger partial charge in [0.15, 0.2) is 0 Å². The van der Waals surface area contributed by atoms with Crippen molar-refractivity contribution < 1.29 is 4.92 Å². The number of rotatable bonds is 6. The zero-order chi connectivity index (χ0) is 14.5. The molecule has 8 heteroatoms. The van der Waals surface area contributed by atoms with Crippen molar-refractivity contribution in [3.63, 3.8) is 0 Å². The van der Waals surface area contributed by atoms with Crippen molar-refractivity contribution in [2.75, 3.05) is 0 Å². The number of benzene rings is 1. The van der Waals surface area contributed by atoms with Crippen molar-refractivity contribution in [2.45, 2.75) is 26.6 Å². The van der Waals surface area contributed by atoms with E-state index in [-0.39, 0.29) is 5.69 Å². The van der Waals surface area contributed by atoms with Gasteiger partial charge in [0.1, 0.15) is 12.2 Å². The zero-order valence-corrected chi connectivity index (χ0v) is 11.7. The first-order valence-electron chi connectivity index (χ1n) is 6.12. The minimum Gasteiger partial charge on any atom is -0.317 e. The highest BCUT2D eigenvalue weighted by atomic mass is 35.5. The Bertz CT molecular complexity index is 614. The van der Waals surface area contributed by atoms with E-state index in [0.717, 1.165) is 17.9 Å². The lowest BCUT2D eigenvalue weighted by Gasteiger charge is -2.07. The molecule has 0 atom stereocenters. The summed E-state index contributed by atoms with van der Waals surface area (Å²) < 4.78 is 1.93. The Kier molecular flexibility index (Phi) is 4.65. The molecule has 1 aromatic heterocycles. The number of aromatic nitrogens is 3. The van der Waals surface area contributed by atoms with Gasteiger partial charge in [0.2, 0.25) is 0 Å². The molecular weight excluding hydrogens is 282 g/mol. The van der Waals surface area contributed by atoms with Crippen LogP contribution in [0.2, 0.25) is 5.02 Å². The van der Waals surface area contributed by atoms with Crippen molar-refractivity contribution >= 4 is 17.3 Å². The molecule has 106 valence electrons. The predicted molar refractivity (Wildman–Crippen MR) is 74.3 cm³/mol. The molecule has 0 saturated heterocycles. The first kappa shape index (κ1) is 14.4. The summed E-state index contributed by atoms with van der Waals surface area (Å²) in [6, 6.07) is 4.45. The van der Waals surface area contributed by atoms with Crippen molar-refractivity contribution in [1.29, 1.82) is 0 Å². The molecule has 0 bridgehead atoms. The van der Waals surface area contributed by atoms with E-state index in [1.807, 2.05) is 11.5 Å². The topological polar surface area (TPSA) is 85.9 Å². The molecule has 0 amide bonds. The molecule has 20 heavy (non-hydrogen) atoms. The Morgan fingerprint density at radius 2 is 2.25 bits per heavy atom. The number of hydrogen-bond acceptors (Lipinski definition) is 5. The Morgan fingerprint density at radius 3 is 2.90 bits per heavy atom. The normalized spacial score (nSPS) is 10.7. The van der Waals surface area contributed by atoms with Gasteiger partial charge in [-0.05, 0) is 18.6 Å². The van der Waals surface area contributed by atoms with Crippen LogP contribution in [0.4, 0.5) is 5.69 Å². The van der Waals surface area contributed by atoms with Crippen LogP contribution in [0.3, 0.4) is 0 Å². The lowest BCUT2D eigenvalue weighted by atomic mass is 10.2. The predicted octanol–water partition coefficient (Wildman–Crippen LogP) is 2.15. The molecular formula is C12H14ClN5O2. The summed E-state index contributed by atoms with van der Waals surface area (Å²) in [5, 5.41) is 22.0. The molecule has 0 unspecified atom stereocenters. The highest BCUT2D eigenvalue weighted by Crippen LogP contribution is 2.22. The van der Waals surface area contributed by atoms with E-state index in [4.69, 9.17) is 11.6 Å². The number of nitrogens with one attached hydrogen (secondary N) is 1. The van der Waals surface area contributed by atoms with E-state index < -0.39 is 4.92 Å². The number of aryl methyl sites for hydroxylation is 1. The Hall–Kier alpha value is -1.99. The van der Waals surface area contributed by atoms with E-state index in [0.29, 0.717) is 18.1 Å². The van der Waals surface area contributed by atoms with Gasteiger partial charge in [0, 0.05) is 25.2 Å². The second kappa shape index (κ2) is 6.44. The van der Waals surface area contributed by atoms with Crippen LogP contribution in [-0.4, -0.2) is 19.7 Å². The first-order valence-corrected chi connectivity index (χ1v) is 6.49. The number of non-ortho nitro benzene ring substituents is 1. The zero-order valence-electron chi connectivity index (χ0n) is 10.9. The standard InChI is InChI=1S/C12H14ClN5O2/c1-2-17-8-15-16-12(17)7-14-6-9-3-4-10(18(19)20)5-11(9)13/h3-5,8,14H,2,6-7H2,1H3. The average Bonchev–Trinajstić information content (AvgIpc) is 2.87. The Morgan fingerprint density at radius 1 is 1.45 bits per heavy atom. The summed E-state index contributed by atoms with van der Waals surface area (Å²) in [5.41, 5.74) is 0.796. The number of nitrogens with zero attached hydrogens (tertiary/aromatic N) is 4. The summed E-state index contributed by atoms with van der Waals surface area (Å²) in [5.74, 6) is 0.838. The van der Waals surface area contributed by atoms with Crippen LogP contribution in [0.1, 0.15) is 18.3 Å². The number of hydrogen-bond donors (Lipinski definition) is 1. The van der Waals surface area contributed by atoms with Crippen molar-refractivity contribution in [3.8, 4) is 0 Å². The summed E-state index contributed by atoms with van der Waals surface area (Å²) in [4.78, 5) is 10.2. The molecule has 2 aromatic rings. The average molecular weight is 296 g/mol. The van der Waals surface area contributed by atoms with Gasteiger partial charge in [-0.3, -0.25) is 10.1 Å². The Balaban J connectivity index is 1.96. The highest BCUT2D eigenvalue weighted by molar-refractivity contribution is 6.31. The minimum atomic E-state index is -0.465. The molecule has 0 saturated carbocycles. The van der Waals surface area contributed by atoms with E-state index in [1.54, 1.807) is 12.4 Å². The molecule has 1 heterocycles. The first-order chi connectivity index (χ1) is 9.61. The van der Waals surface area contributed by atoms with Gasteiger partial charge < -0.3 is 9.88 Å². The molecule has 1 N–H and O–H groups in total. The van der Waals surface area contributed by atoms with Crippen molar-refractivity contribution in [2.24, 2.45) is 0 Å². The smallest absolute Gasteiger partial charge is 0.270 e. The number of nitro benzene ring substituents is 1. The molecule has 2 rings (SSSR count). The third-order valence-electron chi connectivity index (χ3n) is 2.88. The molecule has 0 aliphatic heterocycles. The van der Waals surface area contributed by atoms with Crippen molar-refractivity contribution in [3.05, 3.63) is 51.1 Å². The van der Waals surface area contributed by atoms with E-state index in [9.17, 15) is 10.1 Å². The maximum atomic E-state index is 10.6. The third-order valence-corrected chi connectivity index (χ3v) is 3.23. The second-order valence-electron chi connectivity index (χ2n) is 4.17. The van der Waals surface area contributed by atoms with Crippen LogP contribution in [0.25, 0.3) is 0 Å². The fourth-order valence-electron chi connectivity index (χ4n) is 1.78. The highest BCUT2D eigenvalue weighted by Gasteiger charge is 2.09. The number of nitro groups is 1. The Labute approximate surface area is 120 Å². The van der Waals surface area contributed by atoms with Gasteiger partial charge >= 0.3 is 0 Å². The van der Waals surface area contributed by atoms with Crippen LogP contribution < -0.4 is 5.32 Å².